The molecule has 1 heterocycles. The number of aryl methyl sites for hydroxylation is 1. The molecule has 0 fully saturated rings. The van der Waals surface area contributed by atoms with Crippen LogP contribution in [0.15, 0.2) is 48.5 Å². The van der Waals surface area contributed by atoms with Crippen LogP contribution < -0.4 is 10.0 Å². The Morgan fingerprint density at radius 3 is 2.76 bits per heavy atom. The van der Waals surface area contributed by atoms with Gasteiger partial charge >= 0.3 is 0 Å². The molecule has 0 saturated carbocycles. The zero-order valence-electron chi connectivity index (χ0n) is 16.2. The van der Waals surface area contributed by atoms with Crippen molar-refractivity contribution in [2.45, 2.75) is 26.3 Å². The maximum Gasteiger partial charge on any atom is 0.268 e. The van der Waals surface area contributed by atoms with E-state index < -0.39 is 0 Å². The summed E-state index contributed by atoms with van der Waals surface area (Å²) in [5, 5.41) is 13.7. The first-order chi connectivity index (χ1) is 14.1. The number of rotatable bonds is 10. The summed E-state index contributed by atoms with van der Waals surface area (Å²) in [6.45, 7) is 2.37. The molecule has 0 bridgehead atoms. The number of nitrogens with one attached hydrogen (secondary N) is 3. The minimum absolute atomic E-state index is 0.152. The number of hydroxylamine groups is 1. The maximum atomic E-state index is 12.6. The van der Waals surface area contributed by atoms with E-state index in [1.54, 1.807) is 0 Å². The molecule has 8 heteroatoms. The molecule has 1 amide bonds. The van der Waals surface area contributed by atoms with Gasteiger partial charge in [-0.1, -0.05) is 30.3 Å². The predicted molar refractivity (Wildman–Crippen MR) is 116 cm³/mol. The third-order valence-corrected chi connectivity index (χ3v) is 5.30. The first-order valence-corrected chi connectivity index (χ1v) is 10.3. The van der Waals surface area contributed by atoms with Crippen molar-refractivity contribution < 1.29 is 14.4 Å². The zero-order chi connectivity index (χ0) is 20.6. The molecule has 0 aliphatic heterocycles. The van der Waals surface area contributed by atoms with Crippen LogP contribution in [0, 0.1) is 6.92 Å². The van der Waals surface area contributed by atoms with Crippen molar-refractivity contribution in [3.05, 3.63) is 65.4 Å². The van der Waals surface area contributed by atoms with Crippen LogP contribution in [0.3, 0.4) is 0 Å². The van der Waals surface area contributed by atoms with Gasteiger partial charge in [0.25, 0.3) is 5.91 Å². The number of nitrogens with zero attached hydrogens (tertiary/aromatic N) is 1. The molecule has 0 aliphatic carbocycles. The molecule has 4 N–H and O–H groups in total. The highest BCUT2D eigenvalue weighted by atomic mass is 32.2. The molecule has 0 unspecified atom stereocenters. The van der Waals surface area contributed by atoms with Gasteiger partial charge in [-0.3, -0.25) is 9.18 Å². The number of hydrogen-bond donors (Lipinski definition) is 4. The van der Waals surface area contributed by atoms with Crippen molar-refractivity contribution in [2.75, 3.05) is 17.9 Å². The van der Waals surface area contributed by atoms with E-state index in [9.17, 15) is 14.4 Å². The molecule has 0 saturated heterocycles. The van der Waals surface area contributed by atoms with Crippen LogP contribution in [-0.2, 0) is 6.54 Å². The van der Waals surface area contributed by atoms with Crippen molar-refractivity contribution in [2.24, 2.45) is 0 Å². The molecule has 29 heavy (non-hydrogen) atoms. The fourth-order valence-electron chi connectivity index (χ4n) is 2.98. The molecule has 6 nitrogen and oxygen atoms in total. The number of amides is 1. The summed E-state index contributed by atoms with van der Waals surface area (Å²) in [6, 6.07) is 15.4. The van der Waals surface area contributed by atoms with Crippen molar-refractivity contribution in [3.63, 3.8) is 0 Å². The second-order valence-electron chi connectivity index (χ2n) is 6.72. The number of alkyl halides is 1. The number of halogens is 1. The van der Waals surface area contributed by atoms with E-state index in [0.717, 1.165) is 44.3 Å². The van der Waals surface area contributed by atoms with E-state index >= 15 is 0 Å². The fourth-order valence-corrected chi connectivity index (χ4v) is 3.53. The quantitative estimate of drug-likeness (QED) is 0.216. The largest absolute Gasteiger partial charge is 0.350 e. The molecule has 0 radical (unpaired) electrons. The number of benzene rings is 2. The smallest absolute Gasteiger partial charge is 0.268 e. The first kappa shape index (κ1) is 21.2. The maximum absolute atomic E-state index is 12.6. The zero-order valence-corrected chi connectivity index (χ0v) is 17.1. The van der Waals surface area contributed by atoms with E-state index in [1.807, 2.05) is 55.5 Å². The van der Waals surface area contributed by atoms with Gasteiger partial charge < -0.3 is 20.2 Å². The summed E-state index contributed by atoms with van der Waals surface area (Å²) in [5.74, 6) is -0.152. The van der Waals surface area contributed by atoms with E-state index in [2.05, 4.69) is 15.0 Å². The molecule has 3 aromatic rings. The van der Waals surface area contributed by atoms with Crippen LogP contribution in [0.1, 0.15) is 34.5 Å². The van der Waals surface area contributed by atoms with Crippen molar-refractivity contribution in [3.8, 4) is 0 Å². The van der Waals surface area contributed by atoms with Gasteiger partial charge in [0.15, 0.2) is 0 Å². The van der Waals surface area contributed by atoms with Crippen LogP contribution in [0.5, 0.6) is 0 Å². The van der Waals surface area contributed by atoms with Crippen molar-refractivity contribution in [1.82, 2.24) is 14.8 Å². The normalized spacial score (nSPS) is 11.2. The Kier molecular flexibility index (Phi) is 7.51. The SMILES string of the molecule is Cc1c(C(=O)NCc2ccccc2)[nH]c2ccc(NSN(O)CCCCF)cc12. The molecule has 0 atom stereocenters. The lowest BCUT2D eigenvalue weighted by atomic mass is 10.1. The average molecular weight is 417 g/mol. The monoisotopic (exact) mass is 416 g/mol. The highest BCUT2D eigenvalue weighted by Crippen LogP contribution is 2.26. The molecule has 0 spiro atoms. The first-order valence-electron chi connectivity index (χ1n) is 9.48. The minimum atomic E-state index is -0.378. The number of anilines is 1. The van der Waals surface area contributed by atoms with E-state index in [0.29, 0.717) is 31.6 Å². The number of fused-ring (bicyclic) bond motifs is 1. The second kappa shape index (κ2) is 10.3. The number of unbranched alkanes of at least 4 members (excludes halogenated alkanes) is 1. The number of carbonyl (C=O) groups is 1. The summed E-state index contributed by atoms with van der Waals surface area (Å²) in [7, 11) is 0. The summed E-state index contributed by atoms with van der Waals surface area (Å²) in [4.78, 5) is 15.8. The Morgan fingerprint density at radius 2 is 2.00 bits per heavy atom. The highest BCUT2D eigenvalue weighted by molar-refractivity contribution is 7.98. The lowest BCUT2D eigenvalue weighted by molar-refractivity contribution is 0.0158. The summed E-state index contributed by atoms with van der Waals surface area (Å²) in [5.41, 5.74) is 4.11. The van der Waals surface area contributed by atoms with Crippen LogP contribution in [0.25, 0.3) is 10.9 Å². The van der Waals surface area contributed by atoms with Crippen molar-refractivity contribution in [1.29, 1.82) is 0 Å². The third-order valence-electron chi connectivity index (χ3n) is 4.58. The number of hydrogen-bond acceptors (Lipinski definition) is 5. The third kappa shape index (κ3) is 5.72. The van der Waals surface area contributed by atoms with Crippen LogP contribution in [0.4, 0.5) is 10.1 Å². The van der Waals surface area contributed by atoms with Gasteiger partial charge in [-0.2, -0.15) is 0 Å². The lowest BCUT2D eigenvalue weighted by Crippen LogP contribution is -2.23. The van der Waals surface area contributed by atoms with Crippen LogP contribution >= 0.6 is 12.1 Å². The van der Waals surface area contributed by atoms with E-state index in [-0.39, 0.29) is 12.6 Å². The van der Waals surface area contributed by atoms with Gasteiger partial charge in [0.2, 0.25) is 0 Å². The minimum Gasteiger partial charge on any atom is -0.350 e. The number of H-pyrrole nitrogens is 1. The van der Waals surface area contributed by atoms with Gasteiger partial charge in [-0.25, -0.2) is 0 Å². The molecular formula is C21H25FN4O2S. The Balaban J connectivity index is 1.63. The molecule has 1 aromatic heterocycles. The topological polar surface area (TPSA) is 80.4 Å². The summed E-state index contributed by atoms with van der Waals surface area (Å²) >= 11 is 1.04. The molecule has 3 rings (SSSR count). The average Bonchev–Trinajstić information content (AvgIpc) is 3.07. The molecule has 2 aromatic carbocycles. The number of aromatic amines is 1. The van der Waals surface area contributed by atoms with Gasteiger partial charge in [0.1, 0.15) is 5.69 Å². The van der Waals surface area contributed by atoms with Gasteiger partial charge in [0.05, 0.1) is 18.8 Å². The Bertz CT molecular complexity index is 949. The van der Waals surface area contributed by atoms with Gasteiger partial charge in [-0.15, -0.1) is 4.47 Å². The van der Waals surface area contributed by atoms with E-state index in [1.165, 1.54) is 0 Å². The van der Waals surface area contributed by atoms with Crippen LogP contribution in [-0.4, -0.2) is 33.8 Å². The van der Waals surface area contributed by atoms with Gasteiger partial charge in [0, 0.05) is 29.7 Å². The standard InChI is InChI=1S/C21H25FN4O2S/c1-15-18-13-17(25-29-26(28)12-6-5-11-22)9-10-19(18)24-20(15)21(27)23-14-16-7-3-2-4-8-16/h2-4,7-10,13,24-25,28H,5-6,11-12,14H2,1H3,(H,23,27). The molecular weight excluding hydrogens is 391 g/mol. The van der Waals surface area contributed by atoms with E-state index in [4.69, 9.17) is 0 Å². The fraction of sp³-hybridized carbons (Fsp3) is 0.286. The Morgan fingerprint density at radius 1 is 1.21 bits per heavy atom. The molecule has 154 valence electrons. The number of aromatic nitrogens is 1. The molecule has 0 aliphatic rings. The second-order valence-corrected chi connectivity index (χ2v) is 7.53. The predicted octanol–water partition coefficient (Wildman–Crippen LogP) is 4.82. The number of carbonyl (C=O) groups excluding carboxylic acids is 1. The highest BCUT2D eigenvalue weighted by Gasteiger charge is 2.15. The van der Waals surface area contributed by atoms with Gasteiger partial charge in [-0.05, 0) is 49.1 Å². The summed E-state index contributed by atoms with van der Waals surface area (Å²) < 4.78 is 16.2. The Hall–Kier alpha value is -2.55. The van der Waals surface area contributed by atoms with Crippen LogP contribution in [0.2, 0.25) is 0 Å². The van der Waals surface area contributed by atoms with Crippen molar-refractivity contribution >= 4 is 34.6 Å². The lowest BCUT2D eigenvalue weighted by Gasteiger charge is -2.13. The Labute approximate surface area is 173 Å². The summed E-state index contributed by atoms with van der Waals surface area (Å²) in [6.07, 6.45) is 1.01.